The van der Waals surface area contributed by atoms with Crippen molar-refractivity contribution in [1.82, 2.24) is 5.32 Å². The topological polar surface area (TPSA) is 59.6 Å². The molecule has 1 aliphatic carbocycles. The summed E-state index contributed by atoms with van der Waals surface area (Å²) in [5, 5.41) is 6.13. The van der Waals surface area contributed by atoms with Gasteiger partial charge >= 0.3 is 0 Å². The molecule has 0 spiro atoms. The van der Waals surface area contributed by atoms with Crippen LogP contribution in [0.4, 0.5) is 5.69 Å². The molecule has 1 heterocycles. The summed E-state index contributed by atoms with van der Waals surface area (Å²) in [5.74, 6) is 0.864. The highest BCUT2D eigenvalue weighted by molar-refractivity contribution is 5.91. The van der Waals surface area contributed by atoms with Gasteiger partial charge in [0, 0.05) is 18.8 Å². The number of morpholine rings is 1. The molecule has 1 saturated heterocycles. The van der Waals surface area contributed by atoms with Crippen molar-refractivity contribution in [2.24, 2.45) is 0 Å². The highest BCUT2D eigenvalue weighted by Gasteiger charge is 2.18. The average molecular weight is 341 g/mol. The van der Waals surface area contributed by atoms with Crippen LogP contribution in [0.5, 0.6) is 5.75 Å². The number of carbonyl (C=O) groups excluding carboxylic acids is 1. The molecule has 23 heavy (non-hydrogen) atoms. The summed E-state index contributed by atoms with van der Waals surface area (Å²) in [5.41, 5.74) is 0.799. The van der Waals surface area contributed by atoms with Gasteiger partial charge < -0.3 is 20.1 Å². The van der Waals surface area contributed by atoms with Gasteiger partial charge in [-0.1, -0.05) is 0 Å². The van der Waals surface area contributed by atoms with Gasteiger partial charge in [-0.25, -0.2) is 0 Å². The number of nitrogens with one attached hydrogen (secondary N) is 2. The molecule has 1 atom stereocenters. The second kappa shape index (κ2) is 9.11. The maximum atomic E-state index is 12.0. The van der Waals surface area contributed by atoms with E-state index in [1.54, 1.807) is 0 Å². The van der Waals surface area contributed by atoms with E-state index < -0.39 is 0 Å². The van der Waals surface area contributed by atoms with E-state index in [0.29, 0.717) is 19.1 Å². The predicted molar refractivity (Wildman–Crippen MR) is 92.4 cm³/mol. The van der Waals surface area contributed by atoms with Crippen molar-refractivity contribution < 1.29 is 14.3 Å². The monoisotopic (exact) mass is 340 g/mol. The number of hydrogen-bond donors (Lipinski definition) is 2. The number of anilines is 1. The van der Waals surface area contributed by atoms with E-state index in [0.717, 1.165) is 37.4 Å². The maximum absolute atomic E-state index is 12.0. The molecular formula is C17H25ClN2O3. The molecule has 128 valence electrons. The zero-order valence-corrected chi connectivity index (χ0v) is 14.1. The van der Waals surface area contributed by atoms with Crippen LogP contribution in [0.2, 0.25) is 0 Å². The molecule has 2 fully saturated rings. The predicted octanol–water partition coefficient (Wildman–Crippen LogP) is 2.75. The van der Waals surface area contributed by atoms with E-state index in [1.807, 2.05) is 24.3 Å². The van der Waals surface area contributed by atoms with Crippen LogP contribution in [0.25, 0.3) is 0 Å². The number of halogens is 1. The van der Waals surface area contributed by atoms with E-state index in [1.165, 1.54) is 12.8 Å². The number of amides is 1. The van der Waals surface area contributed by atoms with Crippen LogP contribution in [0.3, 0.4) is 0 Å². The first kappa shape index (κ1) is 18.0. The van der Waals surface area contributed by atoms with Gasteiger partial charge in [0.15, 0.2) is 0 Å². The fourth-order valence-corrected chi connectivity index (χ4v) is 2.99. The third kappa shape index (κ3) is 5.68. The molecular weight excluding hydrogens is 316 g/mol. The zero-order chi connectivity index (χ0) is 15.2. The first-order chi connectivity index (χ1) is 10.8. The lowest BCUT2D eigenvalue weighted by molar-refractivity contribution is -0.119. The molecule has 0 bridgehead atoms. The Kier molecular flexibility index (Phi) is 7.15. The minimum absolute atomic E-state index is 0. The minimum atomic E-state index is -0.0290. The van der Waals surface area contributed by atoms with Gasteiger partial charge in [-0.05, 0) is 49.9 Å². The highest BCUT2D eigenvalue weighted by atomic mass is 35.5. The van der Waals surface area contributed by atoms with Gasteiger partial charge in [0.2, 0.25) is 5.91 Å². The second-order valence-electron chi connectivity index (χ2n) is 6.00. The maximum Gasteiger partial charge on any atom is 0.227 e. The summed E-state index contributed by atoms with van der Waals surface area (Å²) in [4.78, 5) is 12.0. The third-order valence-electron chi connectivity index (χ3n) is 4.16. The van der Waals surface area contributed by atoms with Crippen molar-refractivity contribution in [1.29, 1.82) is 0 Å². The largest absolute Gasteiger partial charge is 0.490 e. The Hall–Kier alpha value is -1.30. The molecule has 2 N–H and O–H groups in total. The number of rotatable bonds is 5. The summed E-state index contributed by atoms with van der Waals surface area (Å²) in [6, 6.07) is 7.63. The molecule has 1 amide bonds. The summed E-state index contributed by atoms with van der Waals surface area (Å²) in [7, 11) is 0. The van der Waals surface area contributed by atoms with Crippen LogP contribution in [-0.2, 0) is 9.53 Å². The van der Waals surface area contributed by atoms with E-state index in [-0.39, 0.29) is 24.4 Å². The van der Waals surface area contributed by atoms with Crippen molar-refractivity contribution in [2.45, 2.75) is 44.3 Å². The molecule has 1 saturated carbocycles. The molecule has 5 nitrogen and oxygen atoms in total. The van der Waals surface area contributed by atoms with Gasteiger partial charge in [0.05, 0.1) is 25.2 Å². The van der Waals surface area contributed by atoms with Crippen LogP contribution in [0.15, 0.2) is 24.3 Å². The van der Waals surface area contributed by atoms with Crippen molar-refractivity contribution in [2.75, 3.05) is 25.0 Å². The Balaban J connectivity index is 0.00000192. The second-order valence-corrected chi connectivity index (χ2v) is 6.00. The summed E-state index contributed by atoms with van der Waals surface area (Å²) in [6.45, 7) is 2.27. The molecule has 0 aromatic heterocycles. The van der Waals surface area contributed by atoms with Gasteiger partial charge in [0.25, 0.3) is 0 Å². The summed E-state index contributed by atoms with van der Waals surface area (Å²) in [6.07, 6.45) is 5.53. The molecule has 2 aliphatic rings. The van der Waals surface area contributed by atoms with Gasteiger partial charge in [-0.15, -0.1) is 12.4 Å². The molecule has 1 aromatic carbocycles. The van der Waals surface area contributed by atoms with Crippen LogP contribution in [0.1, 0.15) is 32.1 Å². The van der Waals surface area contributed by atoms with Crippen molar-refractivity contribution >= 4 is 24.0 Å². The first-order valence-electron chi connectivity index (χ1n) is 8.18. The van der Waals surface area contributed by atoms with E-state index in [9.17, 15) is 4.79 Å². The van der Waals surface area contributed by atoms with E-state index >= 15 is 0 Å². The normalized spacial score (nSPS) is 21.5. The third-order valence-corrected chi connectivity index (χ3v) is 4.16. The standard InChI is InChI=1S/C17H24N2O3.ClH/c20-17(11-16-12-18-9-10-21-16)19-13-5-7-15(8-6-13)22-14-3-1-2-4-14;/h5-8,14,16,18H,1-4,9-12H2,(H,19,20);1H. The zero-order valence-electron chi connectivity index (χ0n) is 13.3. The van der Waals surface area contributed by atoms with Crippen LogP contribution >= 0.6 is 12.4 Å². The SMILES string of the molecule is Cl.O=C(CC1CNCCO1)Nc1ccc(OC2CCCC2)cc1. The number of benzene rings is 1. The van der Waals surface area contributed by atoms with E-state index in [2.05, 4.69) is 10.6 Å². The van der Waals surface area contributed by atoms with Gasteiger partial charge in [-0.2, -0.15) is 0 Å². The van der Waals surface area contributed by atoms with Crippen LogP contribution in [0, 0.1) is 0 Å². The Labute approximate surface area is 143 Å². The fourth-order valence-electron chi connectivity index (χ4n) is 2.99. The molecule has 0 radical (unpaired) electrons. The van der Waals surface area contributed by atoms with Gasteiger partial charge in [-0.3, -0.25) is 4.79 Å². The lowest BCUT2D eigenvalue weighted by atomic mass is 10.2. The molecule has 1 aromatic rings. The van der Waals surface area contributed by atoms with Crippen LogP contribution in [-0.4, -0.2) is 37.8 Å². The minimum Gasteiger partial charge on any atom is -0.490 e. The molecule has 3 rings (SSSR count). The van der Waals surface area contributed by atoms with Crippen molar-refractivity contribution in [3.05, 3.63) is 24.3 Å². The Morgan fingerprint density at radius 1 is 1.26 bits per heavy atom. The Morgan fingerprint density at radius 2 is 2.00 bits per heavy atom. The number of hydrogen-bond acceptors (Lipinski definition) is 4. The quantitative estimate of drug-likeness (QED) is 0.865. The highest BCUT2D eigenvalue weighted by Crippen LogP contribution is 2.25. The average Bonchev–Trinajstić information content (AvgIpc) is 3.03. The van der Waals surface area contributed by atoms with Crippen molar-refractivity contribution in [3.8, 4) is 5.75 Å². The van der Waals surface area contributed by atoms with E-state index in [4.69, 9.17) is 9.47 Å². The molecule has 1 aliphatic heterocycles. The summed E-state index contributed by atoms with van der Waals surface area (Å²) >= 11 is 0. The molecule has 1 unspecified atom stereocenters. The Morgan fingerprint density at radius 3 is 2.65 bits per heavy atom. The Bertz CT molecular complexity index is 483. The first-order valence-corrected chi connectivity index (χ1v) is 8.18. The lowest BCUT2D eigenvalue weighted by Gasteiger charge is -2.23. The number of carbonyl (C=O) groups is 1. The van der Waals surface area contributed by atoms with Gasteiger partial charge in [0.1, 0.15) is 5.75 Å². The van der Waals surface area contributed by atoms with Crippen molar-refractivity contribution in [3.63, 3.8) is 0 Å². The van der Waals surface area contributed by atoms with Crippen LogP contribution < -0.4 is 15.4 Å². The summed E-state index contributed by atoms with van der Waals surface area (Å²) < 4.78 is 11.5. The smallest absolute Gasteiger partial charge is 0.227 e. The lowest BCUT2D eigenvalue weighted by Crippen LogP contribution is -2.40. The fraction of sp³-hybridized carbons (Fsp3) is 0.588. The molecule has 6 heteroatoms. The number of ether oxygens (including phenoxy) is 2.